The Kier molecular flexibility index (Phi) is 6.60. The monoisotopic (exact) mass is 324 g/mol. The number of hydrogen-bond acceptors (Lipinski definition) is 4. The van der Waals surface area contributed by atoms with Crippen molar-refractivity contribution in [3.63, 3.8) is 0 Å². The highest BCUT2D eigenvalue weighted by atomic mass is 16.6. The van der Waals surface area contributed by atoms with Crippen molar-refractivity contribution in [2.24, 2.45) is 0 Å². The molecule has 0 radical (unpaired) electrons. The Hall–Kier alpha value is -2.05. The lowest BCUT2D eigenvalue weighted by Crippen LogP contribution is -2.35. The van der Waals surface area contributed by atoms with Gasteiger partial charge in [0.25, 0.3) is 0 Å². The van der Waals surface area contributed by atoms with Crippen LogP contribution in [0, 0.1) is 0 Å². The van der Waals surface area contributed by atoms with E-state index in [-0.39, 0.29) is 18.0 Å². The van der Waals surface area contributed by atoms with E-state index in [4.69, 9.17) is 4.74 Å². The second kappa shape index (κ2) is 7.99. The van der Waals surface area contributed by atoms with Gasteiger partial charge in [-0.3, -0.25) is 4.79 Å². The molecule has 1 atom stereocenters. The predicted octanol–water partition coefficient (Wildman–Crippen LogP) is 2.38. The zero-order valence-corrected chi connectivity index (χ0v) is 14.8. The van der Waals surface area contributed by atoms with Crippen LogP contribution in [-0.2, 0) is 16.1 Å². The summed E-state index contributed by atoms with van der Waals surface area (Å²) in [6.07, 6.45) is 3.23. The number of imidazole rings is 1. The van der Waals surface area contributed by atoms with Gasteiger partial charge in [0.1, 0.15) is 5.60 Å². The van der Waals surface area contributed by atoms with Gasteiger partial charge in [0.05, 0.1) is 24.3 Å². The van der Waals surface area contributed by atoms with Gasteiger partial charge in [0.15, 0.2) is 0 Å². The Morgan fingerprint density at radius 1 is 1.26 bits per heavy atom. The lowest BCUT2D eigenvalue weighted by Gasteiger charge is -2.22. The number of nitrogens with zero attached hydrogens (tertiary/aromatic N) is 2. The van der Waals surface area contributed by atoms with Crippen LogP contribution in [0.25, 0.3) is 0 Å². The van der Waals surface area contributed by atoms with Gasteiger partial charge >= 0.3 is 6.09 Å². The normalized spacial score (nSPS) is 12.8. The van der Waals surface area contributed by atoms with E-state index in [9.17, 15) is 9.59 Å². The number of alkyl carbamates (subject to hydrolysis) is 1. The number of amides is 2. The number of hydrogen-bond donors (Lipinski definition) is 2. The fourth-order valence-corrected chi connectivity index (χ4v) is 2.05. The van der Waals surface area contributed by atoms with Crippen LogP contribution in [0.1, 0.15) is 59.7 Å². The predicted molar refractivity (Wildman–Crippen MR) is 87.9 cm³/mol. The largest absolute Gasteiger partial charge is 0.444 e. The second-order valence-electron chi connectivity index (χ2n) is 6.85. The van der Waals surface area contributed by atoms with Crippen molar-refractivity contribution in [1.29, 1.82) is 0 Å². The van der Waals surface area contributed by atoms with Crippen LogP contribution >= 0.6 is 0 Å². The Morgan fingerprint density at radius 2 is 1.91 bits per heavy atom. The average molecular weight is 324 g/mol. The lowest BCUT2D eigenvalue weighted by molar-refractivity contribution is -0.121. The van der Waals surface area contributed by atoms with Gasteiger partial charge in [0.2, 0.25) is 5.91 Å². The summed E-state index contributed by atoms with van der Waals surface area (Å²) in [5.74, 6) is -0.00703. The van der Waals surface area contributed by atoms with Crippen LogP contribution in [0.3, 0.4) is 0 Å². The van der Waals surface area contributed by atoms with E-state index < -0.39 is 11.7 Å². The van der Waals surface area contributed by atoms with E-state index in [1.54, 1.807) is 12.5 Å². The highest BCUT2D eigenvalue weighted by Crippen LogP contribution is 2.14. The maximum atomic E-state index is 11.8. The summed E-state index contributed by atoms with van der Waals surface area (Å²) >= 11 is 0. The fourth-order valence-electron chi connectivity index (χ4n) is 2.05. The third-order valence-electron chi connectivity index (χ3n) is 2.95. The average Bonchev–Trinajstić information content (AvgIpc) is 2.81. The molecule has 0 saturated carbocycles. The van der Waals surface area contributed by atoms with E-state index >= 15 is 0 Å². The molecule has 0 aromatic carbocycles. The number of aryl methyl sites for hydroxylation is 1. The molecule has 1 heterocycles. The standard InChI is InChI=1S/C16H28N4O3/c1-11(2)18-14(21)7-8-20-10-17-9-13(20)12(3)19-15(22)23-16(4,5)6/h9-12H,7-8H2,1-6H3,(H,18,21)(H,19,22)/t12-/m0/s1. The molecule has 0 unspecified atom stereocenters. The molecular weight excluding hydrogens is 296 g/mol. The maximum absolute atomic E-state index is 11.8. The van der Waals surface area contributed by atoms with E-state index in [2.05, 4.69) is 15.6 Å². The molecule has 0 aliphatic carbocycles. The summed E-state index contributed by atoms with van der Waals surface area (Å²) < 4.78 is 7.11. The van der Waals surface area contributed by atoms with Crippen LogP contribution in [0.15, 0.2) is 12.5 Å². The molecule has 0 bridgehead atoms. The quantitative estimate of drug-likeness (QED) is 0.841. The van der Waals surface area contributed by atoms with Crippen molar-refractivity contribution in [2.45, 2.75) is 72.2 Å². The minimum Gasteiger partial charge on any atom is -0.444 e. The molecule has 0 fully saturated rings. The molecule has 2 amide bonds. The summed E-state index contributed by atoms with van der Waals surface area (Å²) in [6.45, 7) is 11.7. The minimum atomic E-state index is -0.543. The molecule has 7 heteroatoms. The Balaban J connectivity index is 2.59. The summed E-state index contributed by atoms with van der Waals surface area (Å²) in [5.41, 5.74) is 0.284. The number of nitrogens with one attached hydrogen (secondary N) is 2. The van der Waals surface area contributed by atoms with Gasteiger partial charge in [-0.05, 0) is 41.5 Å². The Morgan fingerprint density at radius 3 is 2.48 bits per heavy atom. The van der Waals surface area contributed by atoms with Crippen molar-refractivity contribution in [3.8, 4) is 0 Å². The molecule has 1 aromatic heterocycles. The summed E-state index contributed by atoms with van der Waals surface area (Å²) in [7, 11) is 0. The summed E-state index contributed by atoms with van der Waals surface area (Å²) in [5, 5.41) is 5.63. The van der Waals surface area contributed by atoms with Crippen LogP contribution in [0.2, 0.25) is 0 Å². The first-order valence-electron chi connectivity index (χ1n) is 7.87. The van der Waals surface area contributed by atoms with Crippen LogP contribution in [0.4, 0.5) is 4.79 Å². The lowest BCUT2D eigenvalue weighted by atomic mass is 10.2. The van der Waals surface area contributed by atoms with E-state index in [1.807, 2.05) is 46.1 Å². The van der Waals surface area contributed by atoms with Gasteiger partial charge in [-0.25, -0.2) is 9.78 Å². The summed E-state index contributed by atoms with van der Waals surface area (Å²) in [6, 6.07) is -0.141. The SMILES string of the molecule is CC(C)NC(=O)CCn1cncc1[C@H](C)NC(=O)OC(C)(C)C. The fraction of sp³-hybridized carbons (Fsp3) is 0.688. The van der Waals surface area contributed by atoms with Crippen molar-refractivity contribution in [1.82, 2.24) is 20.2 Å². The minimum absolute atomic E-state index is 0.00703. The third kappa shape index (κ3) is 7.17. The van der Waals surface area contributed by atoms with Crippen LogP contribution < -0.4 is 10.6 Å². The van der Waals surface area contributed by atoms with Crippen molar-refractivity contribution in [3.05, 3.63) is 18.2 Å². The summed E-state index contributed by atoms with van der Waals surface area (Å²) in [4.78, 5) is 27.7. The number of carbonyl (C=O) groups excluding carboxylic acids is 2. The number of rotatable bonds is 6. The Labute approximate surface area is 137 Å². The van der Waals surface area contributed by atoms with Crippen molar-refractivity contribution in [2.75, 3.05) is 0 Å². The molecule has 1 aromatic rings. The zero-order chi connectivity index (χ0) is 17.6. The second-order valence-corrected chi connectivity index (χ2v) is 6.85. The molecule has 1 rings (SSSR count). The van der Waals surface area contributed by atoms with Gasteiger partial charge in [-0.1, -0.05) is 0 Å². The first-order chi connectivity index (χ1) is 10.6. The van der Waals surface area contributed by atoms with Crippen LogP contribution in [-0.4, -0.2) is 33.2 Å². The number of ether oxygens (including phenoxy) is 1. The number of aromatic nitrogens is 2. The molecule has 0 aliphatic heterocycles. The molecule has 2 N–H and O–H groups in total. The zero-order valence-electron chi connectivity index (χ0n) is 14.8. The molecule has 0 aliphatic rings. The van der Waals surface area contributed by atoms with Gasteiger partial charge in [-0.2, -0.15) is 0 Å². The van der Waals surface area contributed by atoms with E-state index in [0.29, 0.717) is 13.0 Å². The Bertz CT molecular complexity index is 532. The van der Waals surface area contributed by atoms with Crippen LogP contribution in [0.5, 0.6) is 0 Å². The molecule has 0 saturated heterocycles. The number of carbonyl (C=O) groups is 2. The first kappa shape index (κ1) is 19.0. The molecule has 7 nitrogen and oxygen atoms in total. The molecule has 0 spiro atoms. The van der Waals surface area contributed by atoms with Gasteiger partial charge in [0, 0.05) is 19.0 Å². The van der Waals surface area contributed by atoms with E-state index in [0.717, 1.165) is 5.69 Å². The van der Waals surface area contributed by atoms with E-state index in [1.165, 1.54) is 0 Å². The highest BCUT2D eigenvalue weighted by Gasteiger charge is 2.20. The smallest absolute Gasteiger partial charge is 0.408 e. The van der Waals surface area contributed by atoms with Gasteiger partial charge in [-0.15, -0.1) is 0 Å². The molecular formula is C16H28N4O3. The highest BCUT2D eigenvalue weighted by molar-refractivity contribution is 5.76. The van der Waals surface area contributed by atoms with Gasteiger partial charge < -0.3 is 19.9 Å². The topological polar surface area (TPSA) is 85.3 Å². The maximum Gasteiger partial charge on any atom is 0.408 e. The first-order valence-corrected chi connectivity index (χ1v) is 7.87. The molecule has 130 valence electrons. The van der Waals surface area contributed by atoms with Crippen molar-refractivity contribution >= 4 is 12.0 Å². The van der Waals surface area contributed by atoms with Crippen molar-refractivity contribution < 1.29 is 14.3 Å². The molecule has 23 heavy (non-hydrogen) atoms. The third-order valence-corrected chi connectivity index (χ3v) is 2.95.